The van der Waals surface area contributed by atoms with Crippen molar-refractivity contribution in [3.05, 3.63) is 200 Å². The Hall–Kier alpha value is -6.94. The molecule has 0 bridgehead atoms. The van der Waals surface area contributed by atoms with Crippen molar-refractivity contribution in [2.75, 3.05) is 4.90 Å². The van der Waals surface area contributed by atoms with Crippen LogP contribution >= 0.6 is 11.3 Å². The molecule has 0 saturated carbocycles. The van der Waals surface area contributed by atoms with Gasteiger partial charge in [-0.25, -0.2) is 0 Å². The van der Waals surface area contributed by atoms with Gasteiger partial charge in [0.05, 0.1) is 0 Å². The summed E-state index contributed by atoms with van der Waals surface area (Å²) in [4.78, 5) is 2.35. The molecule has 0 unspecified atom stereocenters. The minimum atomic E-state index is 0.904. The van der Waals surface area contributed by atoms with E-state index >= 15 is 0 Å². The topological polar surface area (TPSA) is 16.4 Å². The van der Waals surface area contributed by atoms with Gasteiger partial charge in [-0.15, -0.1) is 11.3 Å². The predicted octanol–water partition coefficient (Wildman–Crippen LogP) is 15.6. The first-order valence-corrected chi connectivity index (χ1v) is 19.5. The summed E-state index contributed by atoms with van der Waals surface area (Å²) in [6.07, 6.45) is 0. The molecule has 0 atom stereocenters. The highest BCUT2D eigenvalue weighted by atomic mass is 32.1. The monoisotopic (exact) mass is 719 g/mol. The van der Waals surface area contributed by atoms with Crippen molar-refractivity contribution in [1.29, 1.82) is 0 Å². The lowest BCUT2D eigenvalue weighted by Gasteiger charge is -2.26. The number of hydrogen-bond acceptors (Lipinski definition) is 3. The summed E-state index contributed by atoms with van der Waals surface area (Å²) in [6.45, 7) is 0. The smallest absolute Gasteiger partial charge is 0.143 e. The fourth-order valence-corrected chi connectivity index (χ4v) is 9.32. The van der Waals surface area contributed by atoms with E-state index in [0.29, 0.717) is 0 Å². The average Bonchev–Trinajstić information content (AvgIpc) is 3.84. The second-order valence-corrected chi connectivity index (χ2v) is 15.2. The van der Waals surface area contributed by atoms with Gasteiger partial charge in [-0.2, -0.15) is 0 Å². The van der Waals surface area contributed by atoms with Gasteiger partial charge in [0.1, 0.15) is 11.2 Å². The average molecular weight is 720 g/mol. The van der Waals surface area contributed by atoms with E-state index in [2.05, 4.69) is 193 Å². The molecule has 9 aromatic carbocycles. The molecule has 2 heterocycles. The second kappa shape index (κ2) is 12.9. The molecule has 0 amide bonds. The van der Waals surface area contributed by atoms with Crippen LogP contribution in [0.3, 0.4) is 0 Å². The zero-order valence-corrected chi connectivity index (χ0v) is 30.6. The van der Waals surface area contributed by atoms with E-state index in [1.165, 1.54) is 53.2 Å². The molecule has 2 nitrogen and oxygen atoms in total. The molecular formula is C52H33NOS. The Morgan fingerprint density at radius 3 is 1.80 bits per heavy atom. The molecule has 3 heteroatoms. The number of hydrogen-bond donors (Lipinski definition) is 0. The van der Waals surface area contributed by atoms with Crippen LogP contribution in [0.5, 0.6) is 0 Å². The maximum Gasteiger partial charge on any atom is 0.143 e. The standard InChI is InChI=1S/C52H33NOS/c1-2-10-34(11-3-1)35-22-27-40(28-23-35)53(42-13-8-12-39(32-42)43-16-9-17-45-44-14-4-6-18-48(44)54-52(43)45)41-29-24-36(25-30-41)38-21-20-37-26-31-50-51(47(37)33-38)46-15-5-7-19-49(46)55-50/h1-33H. The van der Waals surface area contributed by atoms with E-state index in [9.17, 15) is 0 Å². The van der Waals surface area contributed by atoms with E-state index < -0.39 is 0 Å². The number of benzene rings is 9. The van der Waals surface area contributed by atoms with Crippen molar-refractivity contribution >= 4 is 81.3 Å². The van der Waals surface area contributed by atoms with Crippen molar-refractivity contribution in [3.63, 3.8) is 0 Å². The Morgan fingerprint density at radius 2 is 0.982 bits per heavy atom. The van der Waals surface area contributed by atoms with Crippen LogP contribution in [-0.2, 0) is 0 Å². The minimum absolute atomic E-state index is 0.904. The number of furan rings is 1. The zero-order valence-electron chi connectivity index (χ0n) is 29.8. The van der Waals surface area contributed by atoms with Gasteiger partial charge in [-0.3, -0.25) is 0 Å². The number of fused-ring (bicyclic) bond motifs is 8. The van der Waals surface area contributed by atoms with Crippen molar-refractivity contribution in [1.82, 2.24) is 0 Å². The van der Waals surface area contributed by atoms with Gasteiger partial charge in [0.25, 0.3) is 0 Å². The van der Waals surface area contributed by atoms with Crippen LogP contribution in [0.2, 0.25) is 0 Å². The lowest BCUT2D eigenvalue weighted by molar-refractivity contribution is 0.670. The van der Waals surface area contributed by atoms with Crippen molar-refractivity contribution in [2.45, 2.75) is 0 Å². The van der Waals surface area contributed by atoms with Crippen LogP contribution in [0.1, 0.15) is 0 Å². The molecule has 2 aromatic heterocycles. The Labute approximate surface area is 322 Å². The summed E-state index contributed by atoms with van der Waals surface area (Å²) in [6, 6.07) is 72.1. The fraction of sp³-hybridized carbons (Fsp3) is 0. The number of anilines is 3. The van der Waals surface area contributed by atoms with E-state index in [4.69, 9.17) is 4.42 Å². The highest BCUT2D eigenvalue weighted by molar-refractivity contribution is 7.26. The molecule has 0 spiro atoms. The molecule has 11 aromatic rings. The molecule has 0 radical (unpaired) electrons. The summed E-state index contributed by atoms with van der Waals surface area (Å²) in [5.41, 5.74) is 12.0. The second-order valence-electron chi connectivity index (χ2n) is 14.1. The molecule has 0 aliphatic rings. The quantitative estimate of drug-likeness (QED) is 0.170. The largest absolute Gasteiger partial charge is 0.455 e. The summed E-state index contributed by atoms with van der Waals surface area (Å²) < 4.78 is 9.13. The lowest BCUT2D eigenvalue weighted by Crippen LogP contribution is -2.10. The summed E-state index contributed by atoms with van der Waals surface area (Å²) >= 11 is 1.87. The molecule has 0 aliphatic carbocycles. The maximum atomic E-state index is 6.47. The van der Waals surface area contributed by atoms with Crippen molar-refractivity contribution in [2.24, 2.45) is 0 Å². The van der Waals surface area contributed by atoms with Gasteiger partial charge in [0.15, 0.2) is 0 Å². The van der Waals surface area contributed by atoms with E-state index in [1.807, 2.05) is 23.5 Å². The molecule has 0 saturated heterocycles. The summed E-state index contributed by atoms with van der Waals surface area (Å²) in [7, 11) is 0. The van der Waals surface area contributed by atoms with Crippen LogP contribution in [0.15, 0.2) is 205 Å². The van der Waals surface area contributed by atoms with Gasteiger partial charge in [0, 0.05) is 53.6 Å². The van der Waals surface area contributed by atoms with Crippen LogP contribution in [0.4, 0.5) is 17.1 Å². The number of rotatable bonds is 6. The van der Waals surface area contributed by atoms with E-state index in [0.717, 1.165) is 50.1 Å². The number of para-hydroxylation sites is 2. The first-order chi connectivity index (χ1) is 27.2. The van der Waals surface area contributed by atoms with Crippen LogP contribution in [0.25, 0.3) is 86.3 Å². The highest BCUT2D eigenvalue weighted by Gasteiger charge is 2.17. The molecule has 0 N–H and O–H groups in total. The molecule has 0 fully saturated rings. The molecule has 258 valence electrons. The summed E-state index contributed by atoms with van der Waals surface area (Å²) in [5.74, 6) is 0. The van der Waals surface area contributed by atoms with Gasteiger partial charge in [-0.05, 0) is 99.3 Å². The van der Waals surface area contributed by atoms with Gasteiger partial charge in [-0.1, -0.05) is 140 Å². The van der Waals surface area contributed by atoms with Gasteiger partial charge >= 0.3 is 0 Å². The number of thiophene rings is 1. The Bertz CT molecular complexity index is 3190. The lowest BCUT2D eigenvalue weighted by atomic mass is 9.97. The minimum Gasteiger partial charge on any atom is -0.455 e. The zero-order chi connectivity index (χ0) is 36.3. The first-order valence-electron chi connectivity index (χ1n) is 18.7. The molecule has 0 aliphatic heterocycles. The Kier molecular flexibility index (Phi) is 7.39. The first kappa shape index (κ1) is 31.6. The third-order valence-corrected chi connectivity index (χ3v) is 12.0. The predicted molar refractivity (Wildman–Crippen MR) is 235 cm³/mol. The SMILES string of the molecule is c1ccc(-c2ccc(N(c3ccc(-c4ccc5ccc6sc7ccccc7c6c5c4)cc3)c3cccc(-c4cccc5c4oc4ccccc45)c3)cc2)cc1. The van der Waals surface area contributed by atoms with Crippen LogP contribution < -0.4 is 4.90 Å². The molecule has 11 rings (SSSR count). The van der Waals surface area contributed by atoms with Gasteiger partial charge in [0.2, 0.25) is 0 Å². The van der Waals surface area contributed by atoms with E-state index in [-0.39, 0.29) is 0 Å². The Balaban J connectivity index is 1.02. The maximum absolute atomic E-state index is 6.47. The number of nitrogens with zero attached hydrogens (tertiary/aromatic N) is 1. The van der Waals surface area contributed by atoms with Crippen LogP contribution in [-0.4, -0.2) is 0 Å². The van der Waals surface area contributed by atoms with Crippen LogP contribution in [0, 0.1) is 0 Å². The van der Waals surface area contributed by atoms with Crippen molar-refractivity contribution in [3.8, 4) is 33.4 Å². The molecule has 55 heavy (non-hydrogen) atoms. The van der Waals surface area contributed by atoms with E-state index in [1.54, 1.807) is 0 Å². The fourth-order valence-electron chi connectivity index (χ4n) is 8.19. The third-order valence-electron chi connectivity index (χ3n) is 10.9. The Morgan fingerprint density at radius 1 is 0.364 bits per heavy atom. The van der Waals surface area contributed by atoms with Gasteiger partial charge < -0.3 is 9.32 Å². The highest BCUT2D eigenvalue weighted by Crippen LogP contribution is 2.42. The third kappa shape index (κ3) is 5.40. The molecular weight excluding hydrogens is 687 g/mol. The summed E-state index contributed by atoms with van der Waals surface area (Å²) in [5, 5.41) is 7.50. The van der Waals surface area contributed by atoms with Crippen molar-refractivity contribution < 1.29 is 4.42 Å². The normalized spacial score (nSPS) is 11.6.